The smallest absolute Gasteiger partial charge is 0.269 e. The monoisotopic (exact) mass is 376 g/mol. The van der Waals surface area contributed by atoms with Gasteiger partial charge in [0.15, 0.2) is 0 Å². The van der Waals surface area contributed by atoms with E-state index >= 15 is 0 Å². The highest BCUT2D eigenvalue weighted by Crippen LogP contribution is 2.30. The number of nitrogens with one attached hydrogen (secondary N) is 4. The van der Waals surface area contributed by atoms with Crippen LogP contribution in [0.5, 0.6) is 0 Å². The lowest BCUT2D eigenvalue weighted by molar-refractivity contribution is -0.121. The highest BCUT2D eigenvalue weighted by Gasteiger charge is 2.29. The average Bonchev–Trinajstić information content (AvgIpc) is 3.49. The minimum Gasteiger partial charge on any atom is -0.361 e. The Kier molecular flexibility index (Phi) is 4.80. The summed E-state index contributed by atoms with van der Waals surface area (Å²) in [7, 11) is 0. The fraction of sp³-hybridized carbons (Fsp3) is 0.190. The molecule has 1 aliphatic carbocycles. The molecular formula is C21H20N4O3. The fourth-order valence-electron chi connectivity index (χ4n) is 2.99. The van der Waals surface area contributed by atoms with Crippen LogP contribution >= 0.6 is 0 Å². The summed E-state index contributed by atoms with van der Waals surface area (Å²) in [6.07, 6.45) is 3.81. The number of hydrazine groups is 1. The molecule has 1 aromatic heterocycles. The highest BCUT2D eigenvalue weighted by atomic mass is 16.2. The molecule has 28 heavy (non-hydrogen) atoms. The second-order valence-corrected chi connectivity index (χ2v) is 6.88. The number of anilines is 1. The van der Waals surface area contributed by atoms with E-state index in [-0.39, 0.29) is 24.2 Å². The van der Waals surface area contributed by atoms with E-state index in [0.717, 1.165) is 29.3 Å². The summed E-state index contributed by atoms with van der Waals surface area (Å²) in [6.45, 7) is 0. The predicted octanol–water partition coefficient (Wildman–Crippen LogP) is 2.52. The van der Waals surface area contributed by atoms with Crippen LogP contribution < -0.4 is 16.2 Å². The van der Waals surface area contributed by atoms with E-state index in [1.165, 1.54) is 0 Å². The molecule has 0 aliphatic heterocycles. The Hall–Kier alpha value is -3.61. The Morgan fingerprint density at radius 2 is 1.71 bits per heavy atom. The second-order valence-electron chi connectivity index (χ2n) is 6.88. The van der Waals surface area contributed by atoms with E-state index in [9.17, 15) is 14.4 Å². The van der Waals surface area contributed by atoms with Gasteiger partial charge in [0.2, 0.25) is 11.8 Å². The minimum atomic E-state index is -0.424. The molecule has 2 aromatic carbocycles. The first-order valence-electron chi connectivity index (χ1n) is 9.15. The summed E-state index contributed by atoms with van der Waals surface area (Å²) >= 11 is 0. The molecule has 7 nitrogen and oxygen atoms in total. The van der Waals surface area contributed by atoms with Crippen molar-refractivity contribution in [2.45, 2.75) is 19.3 Å². The van der Waals surface area contributed by atoms with Crippen LogP contribution in [0.15, 0.2) is 54.7 Å². The lowest BCUT2D eigenvalue weighted by atomic mass is 10.1. The first kappa shape index (κ1) is 17.8. The molecule has 0 radical (unpaired) electrons. The van der Waals surface area contributed by atoms with Gasteiger partial charge >= 0.3 is 0 Å². The van der Waals surface area contributed by atoms with E-state index in [1.54, 1.807) is 30.5 Å². The third-order valence-electron chi connectivity index (χ3n) is 4.70. The number of para-hydroxylation sites is 1. The molecule has 7 heteroatoms. The molecule has 1 aliphatic rings. The van der Waals surface area contributed by atoms with Gasteiger partial charge in [-0.1, -0.05) is 18.2 Å². The van der Waals surface area contributed by atoms with E-state index in [0.29, 0.717) is 11.3 Å². The number of benzene rings is 2. The summed E-state index contributed by atoms with van der Waals surface area (Å²) in [5.41, 5.74) is 7.70. The number of rotatable bonds is 5. The van der Waals surface area contributed by atoms with Gasteiger partial charge in [0.05, 0.1) is 6.42 Å². The SMILES string of the molecule is O=C(Cc1c[nH]c2ccccc12)NNC(=O)c1ccc(NC(=O)C2CC2)cc1. The normalized spacial score (nSPS) is 13.1. The van der Waals surface area contributed by atoms with Crippen molar-refractivity contribution in [3.8, 4) is 0 Å². The molecule has 0 saturated heterocycles. The van der Waals surface area contributed by atoms with Gasteiger partial charge < -0.3 is 10.3 Å². The van der Waals surface area contributed by atoms with Crippen molar-refractivity contribution in [2.75, 3.05) is 5.32 Å². The predicted molar refractivity (Wildman–Crippen MR) is 105 cm³/mol. The quantitative estimate of drug-likeness (QED) is 0.515. The van der Waals surface area contributed by atoms with Crippen LogP contribution in [-0.2, 0) is 16.0 Å². The Balaban J connectivity index is 1.29. The third kappa shape index (κ3) is 4.03. The van der Waals surface area contributed by atoms with E-state index in [1.807, 2.05) is 24.3 Å². The molecule has 0 bridgehead atoms. The van der Waals surface area contributed by atoms with Gasteiger partial charge in [0.25, 0.3) is 5.91 Å². The van der Waals surface area contributed by atoms with Gasteiger partial charge in [0.1, 0.15) is 0 Å². The lowest BCUT2D eigenvalue weighted by Gasteiger charge is -2.08. The van der Waals surface area contributed by atoms with Gasteiger partial charge in [-0.3, -0.25) is 25.2 Å². The number of carbonyl (C=O) groups excluding carboxylic acids is 3. The van der Waals surface area contributed by atoms with Gasteiger partial charge in [0, 0.05) is 34.3 Å². The maximum absolute atomic E-state index is 12.2. The van der Waals surface area contributed by atoms with Gasteiger partial charge in [-0.15, -0.1) is 0 Å². The molecule has 1 heterocycles. The van der Waals surface area contributed by atoms with Crippen LogP contribution in [0.4, 0.5) is 5.69 Å². The molecule has 4 rings (SSSR count). The molecule has 0 atom stereocenters. The van der Waals surface area contributed by atoms with Crippen LogP contribution in [0.2, 0.25) is 0 Å². The summed E-state index contributed by atoms with van der Waals surface area (Å²) < 4.78 is 0. The Labute approximate surface area is 161 Å². The standard InChI is InChI=1S/C21H20N4O3/c26-19(11-15-12-22-18-4-2-1-3-17(15)18)24-25-21(28)14-7-9-16(10-8-14)23-20(27)13-5-6-13/h1-4,7-10,12-13,22H,5-6,11H2,(H,23,27)(H,24,26)(H,25,28). The van der Waals surface area contributed by atoms with Crippen LogP contribution in [0.3, 0.4) is 0 Å². The number of aromatic amines is 1. The molecule has 0 unspecified atom stereocenters. The van der Waals surface area contributed by atoms with E-state index in [4.69, 9.17) is 0 Å². The zero-order valence-corrected chi connectivity index (χ0v) is 15.1. The highest BCUT2D eigenvalue weighted by molar-refractivity contribution is 5.98. The zero-order valence-electron chi connectivity index (χ0n) is 15.1. The second kappa shape index (κ2) is 7.56. The van der Waals surface area contributed by atoms with Crippen LogP contribution in [0, 0.1) is 5.92 Å². The Morgan fingerprint density at radius 3 is 2.46 bits per heavy atom. The molecule has 4 N–H and O–H groups in total. The Bertz CT molecular complexity index is 1040. The number of fused-ring (bicyclic) bond motifs is 1. The molecule has 1 saturated carbocycles. The van der Waals surface area contributed by atoms with Gasteiger partial charge in [-0.05, 0) is 48.7 Å². The van der Waals surface area contributed by atoms with Crippen molar-refractivity contribution in [3.05, 3.63) is 65.9 Å². The number of hydrogen-bond acceptors (Lipinski definition) is 3. The largest absolute Gasteiger partial charge is 0.361 e. The number of aromatic nitrogens is 1. The van der Waals surface area contributed by atoms with Crippen molar-refractivity contribution < 1.29 is 14.4 Å². The van der Waals surface area contributed by atoms with Crippen LogP contribution in [0.1, 0.15) is 28.8 Å². The summed E-state index contributed by atoms with van der Waals surface area (Å²) in [6, 6.07) is 14.3. The first-order valence-corrected chi connectivity index (χ1v) is 9.15. The Morgan fingerprint density at radius 1 is 0.964 bits per heavy atom. The number of carbonyl (C=O) groups is 3. The lowest BCUT2D eigenvalue weighted by Crippen LogP contribution is -2.42. The first-order chi connectivity index (χ1) is 13.6. The van der Waals surface area contributed by atoms with Crippen molar-refractivity contribution >= 4 is 34.3 Å². The summed E-state index contributed by atoms with van der Waals surface area (Å²) in [5, 5.41) is 3.80. The van der Waals surface area contributed by atoms with Crippen LogP contribution in [-0.4, -0.2) is 22.7 Å². The zero-order chi connectivity index (χ0) is 19.5. The average molecular weight is 376 g/mol. The molecule has 142 valence electrons. The van der Waals surface area contributed by atoms with Gasteiger partial charge in [-0.25, -0.2) is 0 Å². The maximum atomic E-state index is 12.2. The molecule has 3 amide bonds. The number of hydrogen-bond donors (Lipinski definition) is 4. The van der Waals surface area contributed by atoms with Crippen LogP contribution in [0.25, 0.3) is 10.9 Å². The minimum absolute atomic E-state index is 0.0155. The summed E-state index contributed by atoms with van der Waals surface area (Å²) in [5.74, 6) is -0.601. The third-order valence-corrected chi connectivity index (χ3v) is 4.70. The molecule has 1 fully saturated rings. The van der Waals surface area contributed by atoms with Crippen molar-refractivity contribution in [2.24, 2.45) is 5.92 Å². The van der Waals surface area contributed by atoms with Crippen molar-refractivity contribution in [3.63, 3.8) is 0 Å². The summed E-state index contributed by atoms with van der Waals surface area (Å²) in [4.78, 5) is 39.2. The van der Waals surface area contributed by atoms with E-state index in [2.05, 4.69) is 21.2 Å². The van der Waals surface area contributed by atoms with E-state index < -0.39 is 5.91 Å². The molecule has 3 aromatic rings. The molecule has 0 spiro atoms. The topological polar surface area (TPSA) is 103 Å². The van der Waals surface area contributed by atoms with Crippen molar-refractivity contribution in [1.82, 2.24) is 15.8 Å². The fourth-order valence-corrected chi connectivity index (χ4v) is 2.99. The maximum Gasteiger partial charge on any atom is 0.269 e. The van der Waals surface area contributed by atoms with Gasteiger partial charge in [-0.2, -0.15) is 0 Å². The van der Waals surface area contributed by atoms with Crippen molar-refractivity contribution in [1.29, 1.82) is 0 Å². The number of H-pyrrole nitrogens is 1. The number of amides is 3. The molecular weight excluding hydrogens is 356 g/mol.